The van der Waals surface area contributed by atoms with E-state index in [1.165, 1.54) is 32.6 Å². The smallest absolute Gasteiger partial charge is 0.216 e. The van der Waals surface area contributed by atoms with Crippen molar-refractivity contribution >= 4 is 29.9 Å². The minimum absolute atomic E-state index is 0. The Morgan fingerprint density at radius 2 is 2.00 bits per heavy atom. The fraction of sp³-hybridized carbons (Fsp3) is 0.778. The third-order valence-corrected chi connectivity index (χ3v) is 4.55. The first kappa shape index (κ1) is 23.2. The van der Waals surface area contributed by atoms with Crippen LogP contribution >= 0.6 is 24.0 Å². The van der Waals surface area contributed by atoms with Crippen molar-refractivity contribution in [2.24, 2.45) is 4.99 Å². The molecule has 2 heterocycles. The van der Waals surface area contributed by atoms with Crippen molar-refractivity contribution in [1.29, 1.82) is 0 Å². The van der Waals surface area contributed by atoms with Crippen LogP contribution in [-0.2, 0) is 6.54 Å². The van der Waals surface area contributed by atoms with Gasteiger partial charge in [-0.3, -0.25) is 0 Å². The summed E-state index contributed by atoms with van der Waals surface area (Å²) < 4.78 is 5.58. The highest BCUT2D eigenvalue weighted by Crippen LogP contribution is 2.08. The largest absolute Gasteiger partial charge is 0.444 e. The number of nitrogens with one attached hydrogen (secondary N) is 2. The summed E-state index contributed by atoms with van der Waals surface area (Å²) in [4.78, 5) is 13.9. The third kappa shape index (κ3) is 8.22. The minimum Gasteiger partial charge on any atom is -0.444 e. The highest BCUT2D eigenvalue weighted by Gasteiger charge is 2.11. The molecule has 2 N–H and O–H groups in total. The third-order valence-electron chi connectivity index (χ3n) is 4.55. The summed E-state index contributed by atoms with van der Waals surface area (Å²) >= 11 is 0. The predicted molar refractivity (Wildman–Crippen MR) is 117 cm³/mol. The predicted octanol–water partition coefficient (Wildman–Crippen LogP) is 1.99. The molecule has 1 aromatic rings. The number of guanidine groups is 1. The lowest BCUT2D eigenvalue weighted by Crippen LogP contribution is -2.39. The number of aliphatic imine (C=N–C) groups is 1. The Morgan fingerprint density at radius 1 is 1.19 bits per heavy atom. The Bertz CT molecular complexity index is 528. The van der Waals surface area contributed by atoms with E-state index in [2.05, 4.69) is 44.4 Å². The molecule has 1 fully saturated rings. The molecule has 0 spiro atoms. The topological polar surface area (TPSA) is 68.9 Å². The number of nitrogens with zero attached hydrogens (tertiary/aromatic N) is 4. The van der Waals surface area contributed by atoms with Crippen LogP contribution in [0.25, 0.3) is 0 Å². The second-order valence-corrected chi connectivity index (χ2v) is 6.72. The van der Waals surface area contributed by atoms with Crippen molar-refractivity contribution in [2.75, 3.05) is 52.9 Å². The lowest BCUT2D eigenvalue weighted by molar-refractivity contribution is 0.274. The van der Waals surface area contributed by atoms with E-state index in [4.69, 9.17) is 4.42 Å². The van der Waals surface area contributed by atoms with Gasteiger partial charge in [-0.1, -0.05) is 0 Å². The van der Waals surface area contributed by atoms with Gasteiger partial charge >= 0.3 is 0 Å². The molecular formula is C18H35IN6O. The average Bonchev–Trinajstić information content (AvgIpc) is 2.78. The van der Waals surface area contributed by atoms with Crippen molar-refractivity contribution in [3.63, 3.8) is 0 Å². The highest BCUT2D eigenvalue weighted by atomic mass is 127. The summed E-state index contributed by atoms with van der Waals surface area (Å²) in [7, 11) is 2.21. The number of aromatic nitrogens is 1. The lowest BCUT2D eigenvalue weighted by atomic mass is 10.3. The Hall–Kier alpha value is -0.870. The molecule has 7 nitrogen and oxygen atoms in total. The van der Waals surface area contributed by atoms with Crippen molar-refractivity contribution in [2.45, 2.75) is 40.2 Å². The summed E-state index contributed by atoms with van der Waals surface area (Å²) in [6.07, 6.45) is 2.38. The van der Waals surface area contributed by atoms with E-state index in [0.717, 1.165) is 43.5 Å². The number of aryl methyl sites for hydroxylation is 2. The molecule has 26 heavy (non-hydrogen) atoms. The zero-order valence-electron chi connectivity index (χ0n) is 16.7. The molecule has 0 saturated carbocycles. The van der Waals surface area contributed by atoms with Gasteiger partial charge in [0.2, 0.25) is 5.89 Å². The summed E-state index contributed by atoms with van der Waals surface area (Å²) in [5.74, 6) is 2.36. The first-order valence-electron chi connectivity index (χ1n) is 9.44. The summed E-state index contributed by atoms with van der Waals surface area (Å²) in [6.45, 7) is 14.1. The SMILES string of the molecule is CCNC(=NCc1nc(C)c(C)o1)NCCCN1CCCN(C)CC1.I. The van der Waals surface area contributed by atoms with Gasteiger partial charge in [0, 0.05) is 26.2 Å². The number of rotatable bonds is 7. The van der Waals surface area contributed by atoms with E-state index >= 15 is 0 Å². The van der Waals surface area contributed by atoms with Gasteiger partial charge in [-0.05, 0) is 60.3 Å². The molecule has 0 bridgehead atoms. The van der Waals surface area contributed by atoms with E-state index in [9.17, 15) is 0 Å². The van der Waals surface area contributed by atoms with E-state index in [1.807, 2.05) is 13.8 Å². The molecule has 8 heteroatoms. The molecule has 2 rings (SSSR count). The molecule has 150 valence electrons. The van der Waals surface area contributed by atoms with E-state index in [-0.39, 0.29) is 24.0 Å². The van der Waals surface area contributed by atoms with Crippen molar-refractivity contribution < 1.29 is 4.42 Å². The second kappa shape index (κ2) is 12.5. The van der Waals surface area contributed by atoms with Gasteiger partial charge in [-0.15, -0.1) is 24.0 Å². The summed E-state index contributed by atoms with van der Waals surface area (Å²) in [5.41, 5.74) is 0.936. The quantitative estimate of drug-likeness (QED) is 0.271. The fourth-order valence-electron chi connectivity index (χ4n) is 2.93. The van der Waals surface area contributed by atoms with Gasteiger partial charge < -0.3 is 24.9 Å². The number of oxazole rings is 1. The highest BCUT2D eigenvalue weighted by molar-refractivity contribution is 14.0. The van der Waals surface area contributed by atoms with Gasteiger partial charge in [0.05, 0.1) is 5.69 Å². The maximum atomic E-state index is 5.58. The van der Waals surface area contributed by atoms with Gasteiger partial charge in [-0.2, -0.15) is 0 Å². The number of hydrogen-bond donors (Lipinski definition) is 2. The molecule has 0 aromatic carbocycles. The van der Waals surface area contributed by atoms with Crippen molar-refractivity contribution in [1.82, 2.24) is 25.4 Å². The van der Waals surface area contributed by atoms with Crippen LogP contribution in [0.4, 0.5) is 0 Å². The molecule has 0 aliphatic carbocycles. The van der Waals surface area contributed by atoms with Crippen LogP contribution < -0.4 is 10.6 Å². The van der Waals surface area contributed by atoms with Gasteiger partial charge in [-0.25, -0.2) is 9.98 Å². The lowest BCUT2D eigenvalue weighted by Gasteiger charge is -2.20. The molecule has 0 radical (unpaired) electrons. The number of likely N-dealkylation sites (N-methyl/N-ethyl adjacent to an activating group) is 1. The Labute approximate surface area is 175 Å². The van der Waals surface area contributed by atoms with Gasteiger partial charge in [0.1, 0.15) is 12.3 Å². The molecule has 1 aliphatic heterocycles. The Balaban J connectivity index is 0.00000338. The summed E-state index contributed by atoms with van der Waals surface area (Å²) in [5, 5.41) is 6.69. The van der Waals surface area contributed by atoms with Crippen LogP contribution in [0.3, 0.4) is 0 Å². The molecular weight excluding hydrogens is 443 g/mol. The first-order valence-corrected chi connectivity index (χ1v) is 9.44. The molecule has 0 unspecified atom stereocenters. The second-order valence-electron chi connectivity index (χ2n) is 6.72. The first-order chi connectivity index (χ1) is 12.1. The standard InChI is InChI=1S/C18H34N6O.HI/c1-5-19-18(21-14-17-22-15(2)16(3)25-17)20-8-6-10-24-11-7-9-23(4)12-13-24;/h5-14H2,1-4H3,(H2,19,20,21);1H. The monoisotopic (exact) mass is 478 g/mol. The Kier molecular flexibility index (Phi) is 11.1. The number of halogens is 1. The number of hydrogen-bond acceptors (Lipinski definition) is 5. The van der Waals surface area contributed by atoms with Crippen molar-refractivity contribution in [3.8, 4) is 0 Å². The van der Waals surface area contributed by atoms with Crippen LogP contribution in [0.15, 0.2) is 9.41 Å². The van der Waals surface area contributed by atoms with E-state index in [0.29, 0.717) is 12.4 Å². The van der Waals surface area contributed by atoms with Gasteiger partial charge in [0.15, 0.2) is 5.96 Å². The van der Waals surface area contributed by atoms with Crippen LogP contribution in [0, 0.1) is 13.8 Å². The van der Waals surface area contributed by atoms with Gasteiger partial charge in [0.25, 0.3) is 0 Å². The normalized spacial score (nSPS) is 16.8. The van der Waals surface area contributed by atoms with E-state index < -0.39 is 0 Å². The maximum Gasteiger partial charge on any atom is 0.216 e. The Morgan fingerprint density at radius 3 is 2.69 bits per heavy atom. The van der Waals surface area contributed by atoms with Crippen LogP contribution in [0.5, 0.6) is 0 Å². The van der Waals surface area contributed by atoms with Crippen LogP contribution in [0.1, 0.15) is 37.1 Å². The zero-order chi connectivity index (χ0) is 18.1. The zero-order valence-corrected chi connectivity index (χ0v) is 19.0. The maximum absolute atomic E-state index is 5.58. The van der Waals surface area contributed by atoms with Crippen LogP contribution in [0.2, 0.25) is 0 Å². The van der Waals surface area contributed by atoms with Crippen LogP contribution in [-0.4, -0.2) is 73.6 Å². The molecule has 0 atom stereocenters. The van der Waals surface area contributed by atoms with E-state index in [1.54, 1.807) is 0 Å². The minimum atomic E-state index is 0. The average molecular weight is 478 g/mol. The summed E-state index contributed by atoms with van der Waals surface area (Å²) in [6, 6.07) is 0. The van der Waals surface area contributed by atoms with Crippen molar-refractivity contribution in [3.05, 3.63) is 17.3 Å². The molecule has 1 aliphatic rings. The molecule has 1 saturated heterocycles. The fourth-order valence-corrected chi connectivity index (χ4v) is 2.93. The molecule has 0 amide bonds. The molecule has 1 aromatic heterocycles.